The van der Waals surface area contributed by atoms with Crippen LogP contribution in [0.25, 0.3) is 0 Å². The standard InChI is InChI=1S/C30H42F2N4O3/c1-19(2)36-26-8-9-30(16-20(26)17-33-36)10-12-35(13-11-30)22-15-25(34-28(37)39-29(3,4)5)27(38-18-22)23-14-21(31)6-7-24(23)32/h6-7,14,17,19,22,25,27H,8-13,15-16,18H2,1-5H3,(H,34,37)/t22-,25+,27-/m1/s1. The van der Waals surface area contributed by atoms with Crippen LogP contribution in [0.3, 0.4) is 0 Å². The van der Waals surface area contributed by atoms with Crippen LogP contribution in [0.4, 0.5) is 13.6 Å². The van der Waals surface area contributed by atoms with Crippen molar-refractivity contribution >= 4 is 6.09 Å². The number of piperidine rings is 1. The molecule has 3 heterocycles. The second-order valence-corrected chi connectivity index (χ2v) is 12.9. The lowest BCUT2D eigenvalue weighted by Gasteiger charge is -2.48. The number of halogens is 2. The lowest BCUT2D eigenvalue weighted by Crippen LogP contribution is -2.55. The number of benzene rings is 1. The van der Waals surface area contributed by atoms with E-state index in [0.29, 0.717) is 24.5 Å². The molecule has 2 fully saturated rings. The number of nitrogens with zero attached hydrogens (tertiary/aromatic N) is 3. The van der Waals surface area contributed by atoms with Gasteiger partial charge in [0.15, 0.2) is 0 Å². The van der Waals surface area contributed by atoms with Crippen LogP contribution in [-0.2, 0) is 22.3 Å². The van der Waals surface area contributed by atoms with Gasteiger partial charge < -0.3 is 14.8 Å². The van der Waals surface area contributed by atoms with Gasteiger partial charge in [-0.25, -0.2) is 13.6 Å². The molecule has 1 N–H and O–H groups in total. The zero-order valence-electron chi connectivity index (χ0n) is 23.8. The summed E-state index contributed by atoms with van der Waals surface area (Å²) in [6.45, 7) is 12.0. The van der Waals surface area contributed by atoms with Crippen molar-refractivity contribution in [2.75, 3.05) is 19.7 Å². The monoisotopic (exact) mass is 544 g/mol. The molecule has 1 aliphatic carbocycles. The second-order valence-electron chi connectivity index (χ2n) is 12.9. The zero-order chi connectivity index (χ0) is 27.9. The first-order valence-corrected chi connectivity index (χ1v) is 14.3. The molecule has 9 heteroatoms. The number of alkyl carbamates (subject to hydrolysis) is 1. The third-order valence-electron chi connectivity index (χ3n) is 8.63. The number of aromatic nitrogens is 2. The number of hydrogen-bond acceptors (Lipinski definition) is 5. The Labute approximate surface area is 230 Å². The maximum absolute atomic E-state index is 14.7. The number of carbonyl (C=O) groups is 1. The van der Waals surface area contributed by atoms with Gasteiger partial charge in [0.25, 0.3) is 0 Å². The Morgan fingerprint density at radius 1 is 1.21 bits per heavy atom. The summed E-state index contributed by atoms with van der Waals surface area (Å²) in [5.74, 6) is -1.09. The van der Waals surface area contributed by atoms with Gasteiger partial charge in [-0.15, -0.1) is 0 Å². The fourth-order valence-electron chi connectivity index (χ4n) is 6.66. The highest BCUT2D eigenvalue weighted by Gasteiger charge is 2.43. The summed E-state index contributed by atoms with van der Waals surface area (Å²) in [6.07, 6.45) is 6.78. The number of carbonyl (C=O) groups excluding carboxylic acids is 1. The van der Waals surface area contributed by atoms with Crippen LogP contribution >= 0.6 is 0 Å². The molecule has 0 saturated carbocycles. The number of fused-ring (bicyclic) bond motifs is 1. The first kappa shape index (κ1) is 28.0. The Kier molecular flexibility index (Phi) is 7.76. The van der Waals surface area contributed by atoms with Crippen LogP contribution in [0.5, 0.6) is 0 Å². The minimum absolute atomic E-state index is 0.0676. The second kappa shape index (κ2) is 10.8. The fraction of sp³-hybridized carbons (Fsp3) is 0.667. The van der Waals surface area contributed by atoms with Crippen molar-refractivity contribution in [3.05, 3.63) is 52.9 Å². The van der Waals surface area contributed by atoms with E-state index in [4.69, 9.17) is 9.47 Å². The summed E-state index contributed by atoms with van der Waals surface area (Å²) in [7, 11) is 0. The van der Waals surface area contributed by atoms with Gasteiger partial charge in [0.05, 0.1) is 18.8 Å². The summed E-state index contributed by atoms with van der Waals surface area (Å²) in [6, 6.07) is 3.25. The molecule has 1 spiro atoms. The first-order chi connectivity index (χ1) is 18.4. The minimum Gasteiger partial charge on any atom is -0.444 e. The van der Waals surface area contributed by atoms with Gasteiger partial charge in [-0.2, -0.15) is 5.10 Å². The van der Waals surface area contributed by atoms with E-state index < -0.39 is 35.5 Å². The number of amides is 1. The number of ether oxygens (including phenoxy) is 2. The van der Waals surface area contributed by atoms with Crippen molar-refractivity contribution in [2.45, 2.75) is 103 Å². The van der Waals surface area contributed by atoms with E-state index in [0.717, 1.165) is 57.0 Å². The van der Waals surface area contributed by atoms with Crippen molar-refractivity contribution in [2.24, 2.45) is 5.41 Å². The number of nitrogens with one attached hydrogen (secondary N) is 1. The molecule has 1 amide bonds. The Morgan fingerprint density at radius 3 is 2.64 bits per heavy atom. The van der Waals surface area contributed by atoms with E-state index in [9.17, 15) is 13.6 Å². The van der Waals surface area contributed by atoms with E-state index in [1.807, 2.05) is 0 Å². The predicted molar refractivity (Wildman–Crippen MR) is 144 cm³/mol. The molecular formula is C30H42F2N4O3. The highest BCUT2D eigenvalue weighted by atomic mass is 19.1. The smallest absolute Gasteiger partial charge is 0.407 e. The molecule has 2 aromatic rings. The third-order valence-corrected chi connectivity index (χ3v) is 8.63. The fourth-order valence-corrected chi connectivity index (χ4v) is 6.66. The summed E-state index contributed by atoms with van der Waals surface area (Å²) in [5.41, 5.74) is 2.53. The van der Waals surface area contributed by atoms with Crippen molar-refractivity contribution < 1.29 is 23.0 Å². The predicted octanol–water partition coefficient (Wildman–Crippen LogP) is 5.74. The molecule has 1 aromatic carbocycles. The summed E-state index contributed by atoms with van der Waals surface area (Å²) >= 11 is 0. The van der Waals surface area contributed by atoms with Crippen LogP contribution < -0.4 is 5.32 Å². The Balaban J connectivity index is 1.27. The van der Waals surface area contributed by atoms with Crippen LogP contribution in [0.15, 0.2) is 24.4 Å². The van der Waals surface area contributed by atoms with Gasteiger partial charge in [-0.3, -0.25) is 9.58 Å². The molecule has 0 bridgehead atoms. The molecule has 5 rings (SSSR count). The molecule has 0 radical (unpaired) electrons. The summed E-state index contributed by atoms with van der Waals surface area (Å²) in [5, 5.41) is 7.56. The van der Waals surface area contributed by atoms with Gasteiger partial charge in [0, 0.05) is 23.3 Å². The zero-order valence-corrected chi connectivity index (χ0v) is 23.8. The lowest BCUT2D eigenvalue weighted by molar-refractivity contribution is -0.0725. The van der Waals surface area contributed by atoms with Crippen molar-refractivity contribution in [3.8, 4) is 0 Å². The molecule has 0 unspecified atom stereocenters. The molecule has 1 aromatic heterocycles. The molecule has 3 atom stereocenters. The normalized spacial score (nSPS) is 25.5. The van der Waals surface area contributed by atoms with Gasteiger partial charge >= 0.3 is 6.09 Å². The van der Waals surface area contributed by atoms with Crippen molar-refractivity contribution in [1.29, 1.82) is 0 Å². The van der Waals surface area contributed by atoms with Crippen LogP contribution in [0, 0.1) is 17.0 Å². The number of hydrogen-bond donors (Lipinski definition) is 1. The van der Waals surface area contributed by atoms with E-state index in [2.05, 4.69) is 40.0 Å². The highest BCUT2D eigenvalue weighted by Crippen LogP contribution is 2.45. The number of likely N-dealkylation sites (tertiary alicyclic amines) is 1. The molecule has 2 aliphatic heterocycles. The maximum Gasteiger partial charge on any atom is 0.407 e. The Hall–Kier alpha value is -2.52. The van der Waals surface area contributed by atoms with Crippen molar-refractivity contribution in [1.82, 2.24) is 20.0 Å². The van der Waals surface area contributed by atoms with Gasteiger partial charge in [-0.1, -0.05) is 0 Å². The van der Waals surface area contributed by atoms with E-state index in [1.165, 1.54) is 17.7 Å². The maximum atomic E-state index is 14.7. The minimum atomic E-state index is -0.796. The van der Waals surface area contributed by atoms with Crippen molar-refractivity contribution in [3.63, 3.8) is 0 Å². The van der Waals surface area contributed by atoms with E-state index in [-0.39, 0.29) is 11.6 Å². The molecule has 214 valence electrons. The molecular weight excluding hydrogens is 502 g/mol. The van der Waals surface area contributed by atoms with Gasteiger partial charge in [0.2, 0.25) is 0 Å². The lowest BCUT2D eigenvalue weighted by atomic mass is 9.67. The van der Waals surface area contributed by atoms with Gasteiger partial charge in [0.1, 0.15) is 23.3 Å². The van der Waals surface area contributed by atoms with Crippen LogP contribution in [-0.4, -0.2) is 58.2 Å². The topological polar surface area (TPSA) is 68.6 Å². The SMILES string of the molecule is CC(C)n1ncc2c1CCC1(CCN([C@H]3CO[C@H](c4cc(F)ccc4F)[C@@H](NC(=O)OC(C)(C)C)C3)CC1)C2. The first-order valence-electron chi connectivity index (χ1n) is 14.3. The Bertz CT molecular complexity index is 1180. The number of rotatable bonds is 4. The van der Waals surface area contributed by atoms with Gasteiger partial charge in [-0.05, 0) is 115 Å². The van der Waals surface area contributed by atoms with E-state index >= 15 is 0 Å². The largest absolute Gasteiger partial charge is 0.444 e. The Morgan fingerprint density at radius 2 is 1.95 bits per heavy atom. The van der Waals surface area contributed by atoms with Crippen LogP contribution in [0.2, 0.25) is 0 Å². The summed E-state index contributed by atoms with van der Waals surface area (Å²) < 4.78 is 42.6. The average molecular weight is 545 g/mol. The molecule has 3 aliphatic rings. The average Bonchev–Trinajstić information content (AvgIpc) is 3.28. The van der Waals surface area contributed by atoms with Crippen LogP contribution in [0.1, 0.15) is 89.3 Å². The molecule has 39 heavy (non-hydrogen) atoms. The van der Waals surface area contributed by atoms with E-state index in [1.54, 1.807) is 20.8 Å². The quantitative estimate of drug-likeness (QED) is 0.532. The highest BCUT2D eigenvalue weighted by molar-refractivity contribution is 5.68. The summed E-state index contributed by atoms with van der Waals surface area (Å²) in [4.78, 5) is 15.2. The molecule has 7 nitrogen and oxygen atoms in total. The third kappa shape index (κ3) is 6.14. The molecule has 2 saturated heterocycles.